The number of nitriles is 1. The number of pyridine rings is 1. The van der Waals surface area contributed by atoms with E-state index in [1.54, 1.807) is 12.1 Å². The molecule has 124 valence electrons. The van der Waals surface area contributed by atoms with Crippen LogP contribution in [0.15, 0.2) is 31.0 Å². The zero-order chi connectivity index (χ0) is 16.8. The predicted molar refractivity (Wildman–Crippen MR) is 83.8 cm³/mol. The van der Waals surface area contributed by atoms with Crippen LogP contribution in [0.1, 0.15) is 31.2 Å². The van der Waals surface area contributed by atoms with Gasteiger partial charge in [0.25, 0.3) is 0 Å². The van der Waals surface area contributed by atoms with Gasteiger partial charge in [-0.2, -0.15) is 10.4 Å². The Morgan fingerprint density at radius 2 is 2.21 bits per heavy atom. The van der Waals surface area contributed by atoms with E-state index in [2.05, 4.69) is 20.4 Å². The number of hydrogen-bond acceptors (Lipinski definition) is 6. The standard InChI is InChI=1S/C16H18N6O2/c17-7-12-1-6-16(19-8-12)24-14-4-2-13(3-5-14)21-15(23)9-22-11-18-10-20-22/h1,6,8,10-11,13-14H,2-5,9H2,(H,21,23). The number of nitrogens with one attached hydrogen (secondary N) is 1. The van der Waals surface area contributed by atoms with E-state index in [0.717, 1.165) is 25.7 Å². The normalized spacial score (nSPS) is 20.1. The second kappa shape index (κ2) is 7.55. The average Bonchev–Trinajstić information content (AvgIpc) is 3.10. The quantitative estimate of drug-likeness (QED) is 0.880. The van der Waals surface area contributed by atoms with Crippen molar-refractivity contribution in [3.8, 4) is 11.9 Å². The Morgan fingerprint density at radius 1 is 1.38 bits per heavy atom. The van der Waals surface area contributed by atoms with Crippen molar-refractivity contribution in [2.24, 2.45) is 0 Å². The molecule has 2 heterocycles. The van der Waals surface area contributed by atoms with Crippen molar-refractivity contribution in [3.63, 3.8) is 0 Å². The van der Waals surface area contributed by atoms with Crippen LogP contribution in [0.3, 0.4) is 0 Å². The minimum absolute atomic E-state index is 0.0568. The summed E-state index contributed by atoms with van der Waals surface area (Å²) in [5, 5.41) is 15.7. The van der Waals surface area contributed by atoms with Crippen molar-refractivity contribution < 1.29 is 9.53 Å². The molecule has 0 atom stereocenters. The van der Waals surface area contributed by atoms with Crippen molar-refractivity contribution in [3.05, 3.63) is 36.5 Å². The summed E-state index contributed by atoms with van der Waals surface area (Å²) in [5.41, 5.74) is 0.515. The van der Waals surface area contributed by atoms with Crippen molar-refractivity contribution in [1.82, 2.24) is 25.1 Å². The first-order valence-corrected chi connectivity index (χ1v) is 7.87. The van der Waals surface area contributed by atoms with E-state index in [1.165, 1.54) is 23.5 Å². The van der Waals surface area contributed by atoms with Gasteiger partial charge in [-0.1, -0.05) is 0 Å². The highest BCUT2D eigenvalue weighted by Gasteiger charge is 2.24. The third kappa shape index (κ3) is 4.29. The SMILES string of the molecule is N#Cc1ccc(OC2CCC(NC(=O)Cn3cncn3)CC2)nc1. The molecule has 1 saturated carbocycles. The van der Waals surface area contributed by atoms with Crippen LogP contribution in [0, 0.1) is 11.3 Å². The van der Waals surface area contributed by atoms with Gasteiger partial charge in [-0.3, -0.25) is 4.79 Å². The van der Waals surface area contributed by atoms with Gasteiger partial charge in [0.2, 0.25) is 11.8 Å². The van der Waals surface area contributed by atoms with Gasteiger partial charge in [-0.05, 0) is 31.7 Å². The molecule has 0 unspecified atom stereocenters. The summed E-state index contributed by atoms with van der Waals surface area (Å²) in [4.78, 5) is 19.9. The fraction of sp³-hybridized carbons (Fsp3) is 0.438. The third-order valence-corrected chi connectivity index (χ3v) is 3.96. The van der Waals surface area contributed by atoms with E-state index in [0.29, 0.717) is 11.4 Å². The van der Waals surface area contributed by atoms with Crippen LogP contribution < -0.4 is 10.1 Å². The molecule has 2 aromatic rings. The molecule has 0 aliphatic heterocycles. The van der Waals surface area contributed by atoms with E-state index < -0.39 is 0 Å². The molecule has 3 rings (SSSR count). The van der Waals surface area contributed by atoms with Crippen LogP contribution in [0.25, 0.3) is 0 Å². The molecule has 2 aromatic heterocycles. The Labute approximate surface area is 139 Å². The number of carbonyl (C=O) groups excluding carboxylic acids is 1. The lowest BCUT2D eigenvalue weighted by Gasteiger charge is -2.29. The third-order valence-electron chi connectivity index (χ3n) is 3.96. The monoisotopic (exact) mass is 326 g/mol. The Kier molecular flexibility index (Phi) is 5.01. The zero-order valence-corrected chi connectivity index (χ0v) is 13.1. The van der Waals surface area contributed by atoms with Gasteiger partial charge < -0.3 is 10.1 Å². The molecular formula is C16H18N6O2. The smallest absolute Gasteiger partial charge is 0.242 e. The maximum atomic E-state index is 11.9. The molecule has 0 radical (unpaired) electrons. The van der Waals surface area contributed by atoms with E-state index in [1.807, 2.05) is 6.07 Å². The first-order chi connectivity index (χ1) is 11.7. The van der Waals surface area contributed by atoms with Gasteiger partial charge in [0, 0.05) is 18.3 Å². The van der Waals surface area contributed by atoms with Crippen LogP contribution in [0.5, 0.6) is 5.88 Å². The molecule has 1 amide bonds. The number of carbonyl (C=O) groups is 1. The number of amides is 1. The Morgan fingerprint density at radius 3 is 2.83 bits per heavy atom. The summed E-state index contributed by atoms with van der Waals surface area (Å²) in [6.07, 6.45) is 7.97. The Hall–Kier alpha value is -2.95. The van der Waals surface area contributed by atoms with Gasteiger partial charge in [-0.25, -0.2) is 14.6 Å². The number of hydrogen-bond donors (Lipinski definition) is 1. The van der Waals surface area contributed by atoms with E-state index in [-0.39, 0.29) is 24.6 Å². The topological polar surface area (TPSA) is 106 Å². The van der Waals surface area contributed by atoms with Gasteiger partial charge in [0.05, 0.1) is 5.56 Å². The molecule has 0 saturated heterocycles. The second-order valence-electron chi connectivity index (χ2n) is 5.75. The van der Waals surface area contributed by atoms with Gasteiger partial charge >= 0.3 is 0 Å². The molecular weight excluding hydrogens is 308 g/mol. The van der Waals surface area contributed by atoms with Gasteiger partial charge in [0.15, 0.2) is 0 Å². The maximum Gasteiger partial charge on any atom is 0.242 e. The minimum atomic E-state index is -0.0568. The van der Waals surface area contributed by atoms with Crippen molar-refractivity contribution >= 4 is 5.91 Å². The predicted octanol–water partition coefficient (Wildman–Crippen LogP) is 1.05. The highest BCUT2D eigenvalue weighted by molar-refractivity contribution is 5.75. The number of ether oxygens (including phenoxy) is 1. The molecule has 24 heavy (non-hydrogen) atoms. The molecule has 1 aliphatic rings. The second-order valence-corrected chi connectivity index (χ2v) is 5.75. The lowest BCUT2D eigenvalue weighted by Crippen LogP contribution is -2.41. The maximum absolute atomic E-state index is 11.9. The Balaban J connectivity index is 1.42. The lowest BCUT2D eigenvalue weighted by atomic mass is 9.93. The summed E-state index contributed by atoms with van der Waals surface area (Å²) in [6.45, 7) is 0.186. The molecule has 0 bridgehead atoms. The van der Waals surface area contributed by atoms with Crippen LogP contribution in [-0.2, 0) is 11.3 Å². The summed E-state index contributed by atoms with van der Waals surface area (Å²) in [6, 6.07) is 5.60. The first kappa shape index (κ1) is 15.9. The van der Waals surface area contributed by atoms with Crippen molar-refractivity contribution in [2.45, 2.75) is 44.4 Å². The summed E-state index contributed by atoms with van der Waals surface area (Å²) in [7, 11) is 0. The first-order valence-electron chi connectivity index (χ1n) is 7.87. The van der Waals surface area contributed by atoms with E-state index in [9.17, 15) is 4.79 Å². The van der Waals surface area contributed by atoms with Crippen molar-refractivity contribution in [2.75, 3.05) is 0 Å². The molecule has 0 spiro atoms. The van der Waals surface area contributed by atoms with Crippen LogP contribution in [-0.4, -0.2) is 37.8 Å². The summed E-state index contributed by atoms with van der Waals surface area (Å²) < 4.78 is 7.34. The molecule has 0 aromatic carbocycles. The summed E-state index contributed by atoms with van der Waals surface area (Å²) >= 11 is 0. The largest absolute Gasteiger partial charge is 0.474 e. The highest BCUT2D eigenvalue weighted by atomic mass is 16.5. The number of rotatable bonds is 5. The van der Waals surface area contributed by atoms with E-state index in [4.69, 9.17) is 10.00 Å². The van der Waals surface area contributed by atoms with Gasteiger partial charge in [-0.15, -0.1) is 0 Å². The highest BCUT2D eigenvalue weighted by Crippen LogP contribution is 2.23. The number of nitrogens with zero attached hydrogens (tertiary/aromatic N) is 5. The molecule has 8 nitrogen and oxygen atoms in total. The molecule has 1 fully saturated rings. The number of aromatic nitrogens is 4. The fourth-order valence-electron chi connectivity index (χ4n) is 2.75. The van der Waals surface area contributed by atoms with E-state index >= 15 is 0 Å². The van der Waals surface area contributed by atoms with Crippen LogP contribution in [0.4, 0.5) is 0 Å². The Bertz CT molecular complexity index is 699. The lowest BCUT2D eigenvalue weighted by molar-refractivity contribution is -0.122. The minimum Gasteiger partial charge on any atom is -0.474 e. The average molecular weight is 326 g/mol. The fourth-order valence-corrected chi connectivity index (χ4v) is 2.75. The molecule has 8 heteroatoms. The zero-order valence-electron chi connectivity index (χ0n) is 13.1. The van der Waals surface area contributed by atoms with Gasteiger partial charge in [0.1, 0.15) is 31.4 Å². The summed E-state index contributed by atoms with van der Waals surface area (Å²) in [5.74, 6) is 0.478. The molecule has 1 aliphatic carbocycles. The van der Waals surface area contributed by atoms with Crippen LogP contribution >= 0.6 is 0 Å². The molecule has 1 N–H and O–H groups in total. The van der Waals surface area contributed by atoms with Crippen LogP contribution in [0.2, 0.25) is 0 Å². The van der Waals surface area contributed by atoms with Crippen molar-refractivity contribution in [1.29, 1.82) is 5.26 Å².